The lowest BCUT2D eigenvalue weighted by atomic mass is 10.2. The van der Waals surface area contributed by atoms with Gasteiger partial charge in [0.1, 0.15) is 6.04 Å². The van der Waals surface area contributed by atoms with Crippen molar-refractivity contribution in [1.29, 1.82) is 0 Å². The van der Waals surface area contributed by atoms with Gasteiger partial charge in [-0.05, 0) is 6.42 Å². The number of carbonyl (C=O) groups excluding carboxylic acids is 1. The zero-order chi connectivity index (χ0) is 14.9. The standard InChI is InChI=1S/C11H16F3NO4/c1-2-5-19-6-3-4-9(16)15-8(10(17)18)7-11(12,13)14/h2,8H,1,3-7H2,(H,15,16)(H,17,18). The predicted octanol–water partition coefficient (Wildman–Crippen LogP) is 1.49. The number of aliphatic carboxylic acids is 1. The van der Waals surface area contributed by atoms with Crippen LogP contribution in [0.3, 0.4) is 0 Å². The number of carboxylic acids is 1. The van der Waals surface area contributed by atoms with E-state index in [0.717, 1.165) is 0 Å². The molecule has 1 unspecified atom stereocenters. The lowest BCUT2D eigenvalue weighted by molar-refractivity contribution is -0.160. The number of carbonyl (C=O) groups is 2. The summed E-state index contributed by atoms with van der Waals surface area (Å²) in [6, 6.07) is -1.96. The zero-order valence-electron chi connectivity index (χ0n) is 10.2. The Balaban J connectivity index is 4.04. The molecule has 110 valence electrons. The fourth-order valence-corrected chi connectivity index (χ4v) is 1.20. The van der Waals surface area contributed by atoms with Gasteiger partial charge in [-0.1, -0.05) is 6.08 Å². The molecule has 2 N–H and O–H groups in total. The van der Waals surface area contributed by atoms with Crippen molar-refractivity contribution < 1.29 is 32.6 Å². The molecule has 1 amide bonds. The van der Waals surface area contributed by atoms with E-state index in [1.807, 2.05) is 5.32 Å². The summed E-state index contributed by atoms with van der Waals surface area (Å²) in [5, 5.41) is 10.4. The van der Waals surface area contributed by atoms with Crippen LogP contribution in [0.2, 0.25) is 0 Å². The largest absolute Gasteiger partial charge is 0.480 e. The molecule has 0 aromatic rings. The fourth-order valence-electron chi connectivity index (χ4n) is 1.20. The van der Waals surface area contributed by atoms with Crippen LogP contribution in [0, 0.1) is 0 Å². The van der Waals surface area contributed by atoms with Crippen LogP contribution in [-0.2, 0) is 14.3 Å². The van der Waals surface area contributed by atoms with Gasteiger partial charge in [-0.2, -0.15) is 13.2 Å². The maximum absolute atomic E-state index is 12.1. The number of alkyl halides is 3. The van der Waals surface area contributed by atoms with E-state index in [0.29, 0.717) is 6.61 Å². The molecule has 0 radical (unpaired) electrons. The molecule has 0 spiro atoms. The van der Waals surface area contributed by atoms with Crippen LogP contribution in [0.25, 0.3) is 0 Å². The minimum Gasteiger partial charge on any atom is -0.480 e. The van der Waals surface area contributed by atoms with Gasteiger partial charge in [-0.15, -0.1) is 6.58 Å². The van der Waals surface area contributed by atoms with Crippen LogP contribution >= 0.6 is 0 Å². The van der Waals surface area contributed by atoms with Crippen molar-refractivity contribution in [3.05, 3.63) is 12.7 Å². The average molecular weight is 283 g/mol. The van der Waals surface area contributed by atoms with Crippen LogP contribution in [-0.4, -0.2) is 42.4 Å². The summed E-state index contributed by atoms with van der Waals surface area (Å²) < 4.78 is 41.2. The minimum absolute atomic E-state index is 0.0984. The molecule has 0 aliphatic heterocycles. The number of carboxylic acid groups (broad SMARTS) is 1. The summed E-state index contributed by atoms with van der Waals surface area (Å²) in [4.78, 5) is 21.8. The maximum Gasteiger partial charge on any atom is 0.391 e. The Morgan fingerprint density at radius 3 is 2.53 bits per heavy atom. The lowest BCUT2D eigenvalue weighted by Crippen LogP contribution is -2.43. The van der Waals surface area contributed by atoms with E-state index < -0.39 is 30.5 Å². The van der Waals surface area contributed by atoms with Crippen molar-refractivity contribution in [3.63, 3.8) is 0 Å². The number of halogens is 3. The summed E-state index contributed by atoms with van der Waals surface area (Å²) in [5.74, 6) is -2.47. The van der Waals surface area contributed by atoms with Crippen LogP contribution < -0.4 is 5.32 Å². The molecule has 0 saturated carbocycles. The van der Waals surface area contributed by atoms with Gasteiger partial charge in [0.05, 0.1) is 13.0 Å². The Hall–Kier alpha value is -1.57. The molecule has 8 heteroatoms. The van der Waals surface area contributed by atoms with Gasteiger partial charge in [0.25, 0.3) is 0 Å². The number of ether oxygens (including phenoxy) is 1. The number of hydrogen-bond acceptors (Lipinski definition) is 3. The highest BCUT2D eigenvalue weighted by Crippen LogP contribution is 2.21. The Morgan fingerprint density at radius 1 is 1.42 bits per heavy atom. The number of rotatable bonds is 9. The average Bonchev–Trinajstić information content (AvgIpc) is 2.26. The first kappa shape index (κ1) is 17.4. The summed E-state index contributed by atoms with van der Waals surface area (Å²) in [6.07, 6.45) is -4.54. The second kappa shape index (κ2) is 8.52. The van der Waals surface area contributed by atoms with Gasteiger partial charge in [-0.3, -0.25) is 4.79 Å². The molecule has 0 fully saturated rings. The van der Waals surface area contributed by atoms with E-state index in [9.17, 15) is 22.8 Å². The number of amides is 1. The van der Waals surface area contributed by atoms with Crippen LogP contribution in [0.4, 0.5) is 13.2 Å². The third-order valence-electron chi connectivity index (χ3n) is 2.00. The van der Waals surface area contributed by atoms with E-state index in [4.69, 9.17) is 9.84 Å². The molecule has 5 nitrogen and oxygen atoms in total. The summed E-state index contributed by atoms with van der Waals surface area (Å²) in [6.45, 7) is 3.97. The normalized spacial score (nSPS) is 12.8. The molecule has 0 rings (SSSR count). The topological polar surface area (TPSA) is 75.6 Å². The Kier molecular flexibility index (Phi) is 7.81. The number of nitrogens with one attached hydrogen (secondary N) is 1. The van der Waals surface area contributed by atoms with Gasteiger partial charge < -0.3 is 15.2 Å². The van der Waals surface area contributed by atoms with Gasteiger partial charge in [0.15, 0.2) is 0 Å². The molecule has 0 aliphatic rings. The quantitative estimate of drug-likeness (QED) is 0.496. The molecule has 0 heterocycles. The smallest absolute Gasteiger partial charge is 0.391 e. The Bertz CT molecular complexity index is 318. The van der Waals surface area contributed by atoms with Crippen LogP contribution in [0.5, 0.6) is 0 Å². The highest BCUT2D eigenvalue weighted by atomic mass is 19.4. The second-order valence-corrected chi connectivity index (χ2v) is 3.74. The predicted molar refractivity (Wildman–Crippen MR) is 60.5 cm³/mol. The van der Waals surface area contributed by atoms with Crippen molar-refractivity contribution in [2.75, 3.05) is 13.2 Å². The summed E-state index contributed by atoms with van der Waals surface area (Å²) in [5.41, 5.74) is 0. The van der Waals surface area contributed by atoms with Crippen molar-refractivity contribution in [2.24, 2.45) is 0 Å². The highest BCUT2D eigenvalue weighted by Gasteiger charge is 2.36. The van der Waals surface area contributed by atoms with Crippen molar-refractivity contribution in [2.45, 2.75) is 31.5 Å². The second-order valence-electron chi connectivity index (χ2n) is 3.74. The van der Waals surface area contributed by atoms with Gasteiger partial charge >= 0.3 is 12.1 Å². The summed E-state index contributed by atoms with van der Waals surface area (Å²) >= 11 is 0. The molecule has 0 aromatic carbocycles. The van der Waals surface area contributed by atoms with Crippen LogP contribution in [0.1, 0.15) is 19.3 Å². The molecule has 1 atom stereocenters. The van der Waals surface area contributed by atoms with Crippen molar-refractivity contribution in [3.8, 4) is 0 Å². The first-order valence-corrected chi connectivity index (χ1v) is 5.54. The zero-order valence-corrected chi connectivity index (χ0v) is 10.2. The highest BCUT2D eigenvalue weighted by molar-refractivity contribution is 5.83. The minimum atomic E-state index is -4.65. The maximum atomic E-state index is 12.1. The van der Waals surface area contributed by atoms with E-state index in [-0.39, 0.29) is 19.4 Å². The Labute approximate surface area is 108 Å². The van der Waals surface area contributed by atoms with Crippen molar-refractivity contribution >= 4 is 11.9 Å². The monoisotopic (exact) mass is 283 g/mol. The van der Waals surface area contributed by atoms with E-state index >= 15 is 0 Å². The molecule has 0 aromatic heterocycles. The Morgan fingerprint density at radius 2 is 2.05 bits per heavy atom. The molecular formula is C11H16F3NO4. The number of hydrogen-bond donors (Lipinski definition) is 2. The first-order chi connectivity index (χ1) is 8.76. The molecule has 0 aliphatic carbocycles. The van der Waals surface area contributed by atoms with Crippen molar-refractivity contribution in [1.82, 2.24) is 5.32 Å². The van der Waals surface area contributed by atoms with E-state index in [2.05, 4.69) is 6.58 Å². The SMILES string of the molecule is C=CCOCCCC(=O)NC(CC(F)(F)F)C(=O)O. The van der Waals surface area contributed by atoms with Gasteiger partial charge in [0.2, 0.25) is 5.91 Å². The molecule has 19 heavy (non-hydrogen) atoms. The van der Waals surface area contributed by atoms with E-state index in [1.165, 1.54) is 6.08 Å². The van der Waals surface area contributed by atoms with Gasteiger partial charge in [0, 0.05) is 13.0 Å². The lowest BCUT2D eigenvalue weighted by Gasteiger charge is -2.16. The third kappa shape index (κ3) is 10.1. The van der Waals surface area contributed by atoms with Crippen LogP contribution in [0.15, 0.2) is 12.7 Å². The fraction of sp³-hybridized carbons (Fsp3) is 0.636. The molecule has 0 bridgehead atoms. The van der Waals surface area contributed by atoms with E-state index in [1.54, 1.807) is 0 Å². The third-order valence-corrected chi connectivity index (χ3v) is 2.00. The summed E-state index contributed by atoms with van der Waals surface area (Å²) in [7, 11) is 0. The molecular weight excluding hydrogens is 267 g/mol. The molecule has 0 saturated heterocycles. The van der Waals surface area contributed by atoms with Gasteiger partial charge in [-0.25, -0.2) is 4.79 Å². The first-order valence-electron chi connectivity index (χ1n) is 5.54.